The molecular weight excluding hydrogens is 252 g/mol. The van der Waals surface area contributed by atoms with Crippen molar-refractivity contribution in [3.05, 3.63) is 0 Å². The fourth-order valence-corrected chi connectivity index (χ4v) is 3.46. The van der Waals surface area contributed by atoms with Gasteiger partial charge in [0.15, 0.2) is 0 Å². The normalized spacial score (nSPS) is 26.2. The Balaban J connectivity index is 1.69. The van der Waals surface area contributed by atoms with E-state index in [4.69, 9.17) is 4.74 Å². The first kappa shape index (κ1) is 11.9. The van der Waals surface area contributed by atoms with Crippen molar-refractivity contribution in [3.63, 3.8) is 0 Å². The summed E-state index contributed by atoms with van der Waals surface area (Å²) in [6.07, 6.45) is 12.3. The summed E-state index contributed by atoms with van der Waals surface area (Å²) in [5.74, 6) is 0.987. The second-order valence-electron chi connectivity index (χ2n) is 5.31. The molecule has 15 heavy (non-hydrogen) atoms. The summed E-state index contributed by atoms with van der Waals surface area (Å²) in [5.41, 5.74) is 0.196. The Labute approximate surface area is 102 Å². The fraction of sp³-hybridized carbons (Fsp3) is 1.00. The van der Waals surface area contributed by atoms with Gasteiger partial charge < -0.3 is 4.74 Å². The SMILES string of the molecule is BrCC1(OCCC2CCC2)CCCCC1. The molecule has 2 aliphatic carbocycles. The minimum Gasteiger partial charge on any atom is -0.374 e. The van der Waals surface area contributed by atoms with E-state index in [0.717, 1.165) is 17.9 Å². The highest BCUT2D eigenvalue weighted by atomic mass is 79.9. The quantitative estimate of drug-likeness (QED) is 0.680. The molecule has 0 aliphatic heterocycles. The van der Waals surface area contributed by atoms with E-state index >= 15 is 0 Å². The molecule has 1 nitrogen and oxygen atoms in total. The van der Waals surface area contributed by atoms with Crippen LogP contribution in [0.2, 0.25) is 0 Å². The minimum absolute atomic E-state index is 0.196. The maximum Gasteiger partial charge on any atom is 0.0778 e. The molecule has 0 heterocycles. The van der Waals surface area contributed by atoms with Crippen molar-refractivity contribution in [2.45, 2.75) is 63.4 Å². The van der Waals surface area contributed by atoms with Gasteiger partial charge in [0, 0.05) is 11.9 Å². The molecule has 0 bridgehead atoms. The number of ether oxygens (including phenoxy) is 1. The Morgan fingerprint density at radius 2 is 1.80 bits per heavy atom. The zero-order chi connectivity index (χ0) is 10.6. The predicted molar refractivity (Wildman–Crippen MR) is 67.5 cm³/mol. The van der Waals surface area contributed by atoms with Crippen LogP contribution in [0.1, 0.15) is 57.8 Å². The Kier molecular flexibility index (Phi) is 4.51. The highest BCUT2D eigenvalue weighted by Crippen LogP contribution is 2.35. The van der Waals surface area contributed by atoms with Crippen LogP contribution in [0.15, 0.2) is 0 Å². The molecule has 2 rings (SSSR count). The predicted octanol–water partition coefficient (Wildman–Crippen LogP) is 4.29. The van der Waals surface area contributed by atoms with Gasteiger partial charge in [0.05, 0.1) is 5.60 Å². The zero-order valence-corrected chi connectivity index (χ0v) is 11.2. The molecule has 2 fully saturated rings. The van der Waals surface area contributed by atoms with E-state index in [9.17, 15) is 0 Å². The van der Waals surface area contributed by atoms with Crippen LogP contribution in [0.5, 0.6) is 0 Å². The maximum atomic E-state index is 6.18. The van der Waals surface area contributed by atoms with E-state index < -0.39 is 0 Å². The van der Waals surface area contributed by atoms with Crippen LogP contribution in [0.3, 0.4) is 0 Å². The van der Waals surface area contributed by atoms with Gasteiger partial charge in [-0.05, 0) is 25.2 Å². The summed E-state index contributed by atoms with van der Waals surface area (Å²) < 4.78 is 6.18. The second-order valence-corrected chi connectivity index (χ2v) is 5.87. The molecule has 0 atom stereocenters. The molecule has 0 aromatic rings. The van der Waals surface area contributed by atoms with Gasteiger partial charge in [-0.15, -0.1) is 0 Å². The van der Waals surface area contributed by atoms with Crippen LogP contribution in [-0.2, 0) is 4.74 Å². The first-order chi connectivity index (χ1) is 7.35. The van der Waals surface area contributed by atoms with Crippen LogP contribution in [0.4, 0.5) is 0 Å². The van der Waals surface area contributed by atoms with Gasteiger partial charge in [-0.3, -0.25) is 0 Å². The van der Waals surface area contributed by atoms with Gasteiger partial charge in [0.1, 0.15) is 0 Å². The lowest BCUT2D eigenvalue weighted by molar-refractivity contribution is -0.0584. The molecule has 0 radical (unpaired) electrons. The van der Waals surface area contributed by atoms with Crippen LogP contribution >= 0.6 is 15.9 Å². The molecule has 0 aromatic carbocycles. The highest BCUT2D eigenvalue weighted by molar-refractivity contribution is 9.09. The molecule has 88 valence electrons. The average molecular weight is 275 g/mol. The average Bonchev–Trinajstić information content (AvgIpc) is 2.23. The number of halogens is 1. The van der Waals surface area contributed by atoms with Gasteiger partial charge in [0.25, 0.3) is 0 Å². The van der Waals surface area contributed by atoms with Crippen LogP contribution in [-0.4, -0.2) is 17.5 Å². The summed E-state index contributed by atoms with van der Waals surface area (Å²) in [6.45, 7) is 0.996. The Hall–Kier alpha value is 0.440. The van der Waals surface area contributed by atoms with E-state index in [2.05, 4.69) is 15.9 Å². The maximum absolute atomic E-state index is 6.18. The van der Waals surface area contributed by atoms with Crippen LogP contribution in [0, 0.1) is 5.92 Å². The molecule has 0 aromatic heterocycles. The highest BCUT2D eigenvalue weighted by Gasteiger charge is 2.32. The van der Waals surface area contributed by atoms with E-state index in [-0.39, 0.29) is 5.60 Å². The Bertz CT molecular complexity index is 183. The molecule has 2 aliphatic rings. The van der Waals surface area contributed by atoms with E-state index in [1.807, 2.05) is 0 Å². The van der Waals surface area contributed by atoms with E-state index in [0.29, 0.717) is 0 Å². The number of hydrogen-bond donors (Lipinski definition) is 0. The molecule has 2 heteroatoms. The summed E-state index contributed by atoms with van der Waals surface area (Å²) in [5, 5.41) is 1.03. The van der Waals surface area contributed by atoms with Crippen molar-refractivity contribution in [2.24, 2.45) is 5.92 Å². The van der Waals surface area contributed by atoms with Gasteiger partial charge in [-0.1, -0.05) is 54.5 Å². The standard InChI is InChI=1S/C13H23BrO/c14-11-13(8-2-1-3-9-13)15-10-7-12-5-4-6-12/h12H,1-11H2. The van der Waals surface area contributed by atoms with Crippen LogP contribution < -0.4 is 0 Å². The third kappa shape index (κ3) is 3.20. The second kappa shape index (κ2) is 5.67. The molecule has 0 unspecified atom stereocenters. The van der Waals surface area contributed by atoms with E-state index in [1.165, 1.54) is 57.8 Å². The van der Waals surface area contributed by atoms with Crippen molar-refractivity contribution < 1.29 is 4.74 Å². The molecular formula is C13H23BrO. The molecule has 0 amide bonds. The van der Waals surface area contributed by atoms with Gasteiger partial charge in [-0.2, -0.15) is 0 Å². The van der Waals surface area contributed by atoms with Gasteiger partial charge in [-0.25, -0.2) is 0 Å². The third-order valence-electron chi connectivity index (χ3n) is 4.17. The van der Waals surface area contributed by atoms with Crippen molar-refractivity contribution in [1.29, 1.82) is 0 Å². The number of rotatable bonds is 5. The third-order valence-corrected chi connectivity index (χ3v) is 5.19. The first-order valence-electron chi connectivity index (χ1n) is 6.55. The lowest BCUT2D eigenvalue weighted by Gasteiger charge is -2.36. The summed E-state index contributed by atoms with van der Waals surface area (Å²) in [6, 6.07) is 0. The zero-order valence-electron chi connectivity index (χ0n) is 9.64. The topological polar surface area (TPSA) is 9.23 Å². The lowest BCUT2D eigenvalue weighted by atomic mass is 9.83. The van der Waals surface area contributed by atoms with E-state index in [1.54, 1.807) is 0 Å². The first-order valence-corrected chi connectivity index (χ1v) is 7.67. The summed E-state index contributed by atoms with van der Waals surface area (Å²) >= 11 is 3.64. The monoisotopic (exact) mass is 274 g/mol. The van der Waals surface area contributed by atoms with Crippen molar-refractivity contribution >= 4 is 15.9 Å². The van der Waals surface area contributed by atoms with Gasteiger partial charge >= 0.3 is 0 Å². The van der Waals surface area contributed by atoms with Crippen molar-refractivity contribution in [1.82, 2.24) is 0 Å². The largest absolute Gasteiger partial charge is 0.374 e. The molecule has 0 spiro atoms. The lowest BCUT2D eigenvalue weighted by Crippen LogP contribution is -2.37. The smallest absolute Gasteiger partial charge is 0.0778 e. The molecule has 2 saturated carbocycles. The number of hydrogen-bond acceptors (Lipinski definition) is 1. The molecule has 0 N–H and O–H groups in total. The fourth-order valence-electron chi connectivity index (χ4n) is 2.74. The van der Waals surface area contributed by atoms with Gasteiger partial charge in [0.2, 0.25) is 0 Å². The Morgan fingerprint density at radius 3 is 2.33 bits per heavy atom. The van der Waals surface area contributed by atoms with Crippen LogP contribution in [0.25, 0.3) is 0 Å². The van der Waals surface area contributed by atoms with Crippen molar-refractivity contribution in [2.75, 3.05) is 11.9 Å². The van der Waals surface area contributed by atoms with Crippen molar-refractivity contribution in [3.8, 4) is 0 Å². The minimum atomic E-state index is 0.196. The molecule has 0 saturated heterocycles. The summed E-state index contributed by atoms with van der Waals surface area (Å²) in [4.78, 5) is 0. The number of alkyl halides is 1. The Morgan fingerprint density at radius 1 is 1.07 bits per heavy atom. The summed E-state index contributed by atoms with van der Waals surface area (Å²) in [7, 11) is 0.